The second-order valence-electron chi connectivity index (χ2n) is 3.98. The lowest BCUT2D eigenvalue weighted by Gasteiger charge is -2.19. The number of rotatable bonds is 6. The molecule has 1 fully saturated rings. The van der Waals surface area contributed by atoms with Crippen LogP contribution in [-0.2, 0) is 9.53 Å². The molecule has 0 aromatic rings. The van der Waals surface area contributed by atoms with Gasteiger partial charge in [0.05, 0.1) is 25.1 Å². The van der Waals surface area contributed by atoms with Gasteiger partial charge < -0.3 is 15.4 Å². The molecule has 0 radical (unpaired) electrons. The van der Waals surface area contributed by atoms with Crippen molar-refractivity contribution in [3.05, 3.63) is 0 Å². The first-order chi connectivity index (χ1) is 7.74. The fourth-order valence-corrected chi connectivity index (χ4v) is 1.70. The standard InChI is InChI=1S/C11H19N3O2/c1-9(10-4-2-7-16-10)14-8-11(15)13-6-3-5-12/h9-10,14H,2-4,6-8H2,1H3,(H,13,15). The Morgan fingerprint density at radius 1 is 1.69 bits per heavy atom. The van der Waals surface area contributed by atoms with Crippen LogP contribution in [0.4, 0.5) is 0 Å². The summed E-state index contributed by atoms with van der Waals surface area (Å²) in [6.07, 6.45) is 2.74. The van der Waals surface area contributed by atoms with Gasteiger partial charge in [0.1, 0.15) is 0 Å². The molecule has 1 aliphatic rings. The molecule has 1 rings (SSSR count). The Morgan fingerprint density at radius 2 is 2.50 bits per heavy atom. The predicted octanol–water partition coefficient (Wildman–Crippen LogP) is 0.173. The van der Waals surface area contributed by atoms with Gasteiger partial charge in [0, 0.05) is 19.2 Å². The lowest BCUT2D eigenvalue weighted by atomic mass is 10.1. The molecule has 0 spiro atoms. The van der Waals surface area contributed by atoms with Crippen LogP contribution < -0.4 is 10.6 Å². The smallest absolute Gasteiger partial charge is 0.234 e. The molecule has 16 heavy (non-hydrogen) atoms. The summed E-state index contributed by atoms with van der Waals surface area (Å²) in [4.78, 5) is 11.3. The molecule has 0 aromatic carbocycles. The van der Waals surface area contributed by atoms with E-state index >= 15 is 0 Å². The lowest BCUT2D eigenvalue weighted by molar-refractivity contribution is -0.120. The van der Waals surface area contributed by atoms with E-state index in [4.69, 9.17) is 10.00 Å². The molecular weight excluding hydrogens is 206 g/mol. The Hall–Kier alpha value is -1.12. The Kier molecular flexibility index (Phi) is 5.83. The average Bonchev–Trinajstić information content (AvgIpc) is 2.79. The summed E-state index contributed by atoms with van der Waals surface area (Å²) in [5.74, 6) is -0.0694. The van der Waals surface area contributed by atoms with Crippen LogP contribution in [0.15, 0.2) is 0 Å². The molecule has 2 N–H and O–H groups in total. The molecular formula is C11H19N3O2. The monoisotopic (exact) mass is 225 g/mol. The third-order valence-corrected chi connectivity index (χ3v) is 2.67. The van der Waals surface area contributed by atoms with E-state index in [9.17, 15) is 4.79 Å². The molecule has 1 aliphatic heterocycles. The first-order valence-electron chi connectivity index (χ1n) is 5.72. The van der Waals surface area contributed by atoms with Crippen molar-refractivity contribution in [2.24, 2.45) is 0 Å². The summed E-state index contributed by atoms with van der Waals surface area (Å²) in [5.41, 5.74) is 0. The van der Waals surface area contributed by atoms with Crippen LogP contribution in [0.2, 0.25) is 0 Å². The van der Waals surface area contributed by atoms with Gasteiger partial charge >= 0.3 is 0 Å². The van der Waals surface area contributed by atoms with Gasteiger partial charge in [-0.05, 0) is 19.8 Å². The van der Waals surface area contributed by atoms with Crippen molar-refractivity contribution < 1.29 is 9.53 Å². The van der Waals surface area contributed by atoms with Crippen LogP contribution in [0.3, 0.4) is 0 Å². The highest BCUT2D eigenvalue weighted by molar-refractivity contribution is 5.77. The number of amides is 1. The minimum atomic E-state index is -0.0694. The van der Waals surface area contributed by atoms with Crippen molar-refractivity contribution in [2.45, 2.75) is 38.3 Å². The molecule has 0 bridgehead atoms. The van der Waals surface area contributed by atoms with Crippen LogP contribution in [0.5, 0.6) is 0 Å². The fourth-order valence-electron chi connectivity index (χ4n) is 1.70. The summed E-state index contributed by atoms with van der Waals surface area (Å²) in [7, 11) is 0. The summed E-state index contributed by atoms with van der Waals surface area (Å²) < 4.78 is 5.51. The van der Waals surface area contributed by atoms with Gasteiger partial charge in [-0.1, -0.05) is 0 Å². The predicted molar refractivity (Wildman–Crippen MR) is 59.7 cm³/mol. The summed E-state index contributed by atoms with van der Waals surface area (Å²) in [6, 6.07) is 2.18. The molecule has 1 heterocycles. The highest BCUT2D eigenvalue weighted by atomic mass is 16.5. The molecule has 2 unspecified atom stereocenters. The number of hydrogen-bond donors (Lipinski definition) is 2. The quantitative estimate of drug-likeness (QED) is 0.632. The minimum absolute atomic E-state index is 0.0694. The molecule has 90 valence electrons. The van der Waals surface area contributed by atoms with E-state index in [2.05, 4.69) is 10.6 Å². The summed E-state index contributed by atoms with van der Waals surface area (Å²) in [5, 5.41) is 14.1. The van der Waals surface area contributed by atoms with Crippen molar-refractivity contribution in [2.75, 3.05) is 19.7 Å². The third-order valence-electron chi connectivity index (χ3n) is 2.67. The first-order valence-corrected chi connectivity index (χ1v) is 5.72. The van der Waals surface area contributed by atoms with E-state index < -0.39 is 0 Å². The lowest BCUT2D eigenvalue weighted by Crippen LogP contribution is -2.43. The Bertz CT molecular complexity index is 256. The van der Waals surface area contributed by atoms with Gasteiger partial charge in [0.25, 0.3) is 0 Å². The van der Waals surface area contributed by atoms with E-state index in [0.29, 0.717) is 13.0 Å². The van der Waals surface area contributed by atoms with Crippen LogP contribution in [0.25, 0.3) is 0 Å². The number of nitrogens with one attached hydrogen (secondary N) is 2. The zero-order chi connectivity index (χ0) is 11.8. The summed E-state index contributed by atoms with van der Waals surface area (Å²) in [6.45, 7) is 3.56. The number of ether oxygens (including phenoxy) is 1. The van der Waals surface area contributed by atoms with E-state index in [1.54, 1.807) is 0 Å². The zero-order valence-electron chi connectivity index (χ0n) is 9.66. The van der Waals surface area contributed by atoms with Crippen LogP contribution in [0.1, 0.15) is 26.2 Å². The van der Waals surface area contributed by atoms with E-state index in [-0.39, 0.29) is 24.6 Å². The number of hydrogen-bond acceptors (Lipinski definition) is 4. The normalized spacial score (nSPS) is 21.4. The summed E-state index contributed by atoms with van der Waals surface area (Å²) >= 11 is 0. The van der Waals surface area contributed by atoms with E-state index in [0.717, 1.165) is 19.4 Å². The second-order valence-corrected chi connectivity index (χ2v) is 3.98. The second kappa shape index (κ2) is 7.20. The molecule has 5 nitrogen and oxygen atoms in total. The molecule has 2 atom stereocenters. The molecule has 5 heteroatoms. The maximum absolute atomic E-state index is 11.3. The largest absolute Gasteiger partial charge is 0.377 e. The van der Waals surface area contributed by atoms with E-state index in [1.165, 1.54) is 0 Å². The SMILES string of the molecule is CC(NCC(=O)NCCC#N)C1CCCO1. The van der Waals surface area contributed by atoms with Crippen LogP contribution in [-0.4, -0.2) is 37.7 Å². The van der Waals surface area contributed by atoms with Crippen molar-refractivity contribution in [3.63, 3.8) is 0 Å². The number of nitrogens with zero attached hydrogens (tertiary/aromatic N) is 1. The maximum Gasteiger partial charge on any atom is 0.234 e. The molecule has 0 saturated carbocycles. The van der Waals surface area contributed by atoms with Gasteiger partial charge in [0.15, 0.2) is 0 Å². The Morgan fingerprint density at radius 3 is 3.12 bits per heavy atom. The zero-order valence-corrected chi connectivity index (χ0v) is 9.66. The van der Waals surface area contributed by atoms with Gasteiger partial charge in [-0.15, -0.1) is 0 Å². The molecule has 1 amide bonds. The van der Waals surface area contributed by atoms with Gasteiger partial charge in [0.2, 0.25) is 5.91 Å². The van der Waals surface area contributed by atoms with E-state index in [1.807, 2.05) is 13.0 Å². The van der Waals surface area contributed by atoms with Gasteiger partial charge in [-0.3, -0.25) is 4.79 Å². The third kappa shape index (κ3) is 4.60. The Balaban J connectivity index is 2.08. The highest BCUT2D eigenvalue weighted by Crippen LogP contribution is 2.14. The molecule has 1 saturated heterocycles. The average molecular weight is 225 g/mol. The molecule has 0 aliphatic carbocycles. The first kappa shape index (κ1) is 12.9. The van der Waals surface area contributed by atoms with Crippen molar-refractivity contribution in [1.82, 2.24) is 10.6 Å². The Labute approximate surface area is 96.2 Å². The van der Waals surface area contributed by atoms with Gasteiger partial charge in [-0.25, -0.2) is 0 Å². The van der Waals surface area contributed by atoms with Crippen LogP contribution >= 0.6 is 0 Å². The van der Waals surface area contributed by atoms with Crippen LogP contribution in [0, 0.1) is 11.3 Å². The van der Waals surface area contributed by atoms with Crippen molar-refractivity contribution in [1.29, 1.82) is 5.26 Å². The number of carbonyl (C=O) groups excluding carboxylic acids is 1. The van der Waals surface area contributed by atoms with Crippen molar-refractivity contribution in [3.8, 4) is 6.07 Å². The number of nitriles is 1. The molecule has 0 aromatic heterocycles. The number of carbonyl (C=O) groups is 1. The maximum atomic E-state index is 11.3. The van der Waals surface area contributed by atoms with Crippen molar-refractivity contribution >= 4 is 5.91 Å². The fraction of sp³-hybridized carbons (Fsp3) is 0.818. The minimum Gasteiger partial charge on any atom is -0.377 e. The van der Waals surface area contributed by atoms with Gasteiger partial charge in [-0.2, -0.15) is 5.26 Å². The topological polar surface area (TPSA) is 74.2 Å². The highest BCUT2D eigenvalue weighted by Gasteiger charge is 2.22.